The molecular weight excluding hydrogens is 304 g/mol. The predicted octanol–water partition coefficient (Wildman–Crippen LogP) is 3.52. The number of hydrogen-bond donors (Lipinski definition) is 2. The van der Waals surface area contributed by atoms with Gasteiger partial charge in [0, 0.05) is 16.4 Å². The number of nitrogens with two attached hydrogens (primary N) is 1. The van der Waals surface area contributed by atoms with Gasteiger partial charge in [0.1, 0.15) is 0 Å². The highest BCUT2D eigenvalue weighted by Crippen LogP contribution is 2.30. The van der Waals surface area contributed by atoms with Crippen molar-refractivity contribution in [2.45, 2.75) is 45.6 Å². The molecule has 104 valence electrons. The first-order valence-corrected chi connectivity index (χ1v) is 7.60. The Balaban J connectivity index is 2.10. The van der Waals surface area contributed by atoms with Gasteiger partial charge in [0.15, 0.2) is 0 Å². The maximum absolute atomic E-state index is 12.3. The van der Waals surface area contributed by atoms with Crippen molar-refractivity contribution in [2.24, 2.45) is 11.7 Å². The molecule has 1 fully saturated rings. The van der Waals surface area contributed by atoms with E-state index in [2.05, 4.69) is 27.3 Å². The molecule has 4 heteroatoms. The summed E-state index contributed by atoms with van der Waals surface area (Å²) < 4.78 is 0.943. The van der Waals surface area contributed by atoms with E-state index in [0.29, 0.717) is 0 Å². The van der Waals surface area contributed by atoms with Crippen LogP contribution in [0.25, 0.3) is 0 Å². The second-order valence-electron chi connectivity index (χ2n) is 5.55. The SMILES string of the molecule is Cc1cc(C)c(NC(=O)C2CCCC(N)C2)c(Br)c1. The zero-order valence-corrected chi connectivity index (χ0v) is 13.1. The van der Waals surface area contributed by atoms with Gasteiger partial charge in [-0.2, -0.15) is 0 Å². The number of rotatable bonds is 2. The fraction of sp³-hybridized carbons (Fsp3) is 0.533. The zero-order valence-electron chi connectivity index (χ0n) is 11.5. The van der Waals surface area contributed by atoms with Gasteiger partial charge in [0.25, 0.3) is 0 Å². The van der Waals surface area contributed by atoms with E-state index in [9.17, 15) is 4.79 Å². The lowest BCUT2D eigenvalue weighted by Crippen LogP contribution is -2.34. The van der Waals surface area contributed by atoms with Gasteiger partial charge in [-0.25, -0.2) is 0 Å². The molecule has 0 radical (unpaired) electrons. The fourth-order valence-electron chi connectivity index (χ4n) is 2.77. The molecule has 0 heterocycles. The lowest BCUT2D eigenvalue weighted by atomic mass is 9.85. The molecule has 0 saturated heterocycles. The minimum Gasteiger partial charge on any atom is -0.328 e. The van der Waals surface area contributed by atoms with Gasteiger partial charge in [0.2, 0.25) is 5.91 Å². The molecule has 1 amide bonds. The van der Waals surface area contributed by atoms with Gasteiger partial charge < -0.3 is 11.1 Å². The number of carbonyl (C=O) groups excluding carboxylic acids is 1. The van der Waals surface area contributed by atoms with Gasteiger partial charge in [-0.1, -0.05) is 12.5 Å². The standard InChI is InChI=1S/C15H21BrN2O/c1-9-6-10(2)14(13(16)7-9)18-15(19)11-4-3-5-12(17)8-11/h6-7,11-12H,3-5,8,17H2,1-2H3,(H,18,19). The van der Waals surface area contributed by atoms with Crippen LogP contribution in [-0.2, 0) is 4.79 Å². The first-order valence-electron chi connectivity index (χ1n) is 6.80. The number of aryl methyl sites for hydroxylation is 2. The van der Waals surface area contributed by atoms with E-state index in [0.717, 1.165) is 41.4 Å². The molecule has 0 aliphatic heterocycles. The molecule has 0 aromatic heterocycles. The van der Waals surface area contributed by atoms with Crippen LogP contribution >= 0.6 is 15.9 Å². The van der Waals surface area contributed by atoms with E-state index < -0.39 is 0 Å². The average Bonchev–Trinajstić information content (AvgIpc) is 2.33. The third-order valence-electron chi connectivity index (χ3n) is 3.77. The Bertz CT molecular complexity index is 464. The van der Waals surface area contributed by atoms with Crippen LogP contribution < -0.4 is 11.1 Å². The second-order valence-corrected chi connectivity index (χ2v) is 6.41. The summed E-state index contributed by atoms with van der Waals surface area (Å²) in [5, 5.41) is 3.05. The van der Waals surface area contributed by atoms with Crippen molar-refractivity contribution in [3.05, 3.63) is 27.7 Å². The minimum absolute atomic E-state index is 0.0522. The molecule has 3 nitrogen and oxygen atoms in total. The van der Waals surface area contributed by atoms with Crippen LogP contribution in [0.3, 0.4) is 0 Å². The number of amides is 1. The molecule has 2 rings (SSSR count). The first kappa shape index (κ1) is 14.5. The van der Waals surface area contributed by atoms with Gasteiger partial charge in [-0.05, 0) is 66.2 Å². The fourth-order valence-corrected chi connectivity index (χ4v) is 3.54. The normalized spacial score (nSPS) is 23.2. The first-order chi connectivity index (χ1) is 8.97. The Morgan fingerprint density at radius 1 is 1.37 bits per heavy atom. The van der Waals surface area contributed by atoms with E-state index in [1.54, 1.807) is 0 Å². The summed E-state index contributed by atoms with van der Waals surface area (Å²) in [6.45, 7) is 4.06. The number of anilines is 1. The van der Waals surface area contributed by atoms with Crippen LogP contribution in [0.2, 0.25) is 0 Å². The molecule has 1 aromatic rings. The molecule has 1 saturated carbocycles. The summed E-state index contributed by atoms with van der Waals surface area (Å²) >= 11 is 3.52. The zero-order chi connectivity index (χ0) is 14.0. The number of carbonyl (C=O) groups is 1. The molecule has 1 aliphatic rings. The third kappa shape index (κ3) is 3.57. The molecule has 2 unspecified atom stereocenters. The van der Waals surface area contributed by atoms with E-state index in [1.165, 1.54) is 5.56 Å². The van der Waals surface area contributed by atoms with Crippen LogP contribution in [0.15, 0.2) is 16.6 Å². The number of nitrogens with one attached hydrogen (secondary N) is 1. The van der Waals surface area contributed by atoms with Crippen molar-refractivity contribution in [2.75, 3.05) is 5.32 Å². The van der Waals surface area contributed by atoms with Crippen LogP contribution in [0.4, 0.5) is 5.69 Å². The Labute approximate surface area is 123 Å². The number of halogens is 1. The molecule has 19 heavy (non-hydrogen) atoms. The summed E-state index contributed by atoms with van der Waals surface area (Å²) in [5.41, 5.74) is 9.10. The molecule has 0 bridgehead atoms. The molecule has 2 atom stereocenters. The topological polar surface area (TPSA) is 55.1 Å². The van der Waals surface area contributed by atoms with Crippen LogP contribution in [0, 0.1) is 19.8 Å². The highest BCUT2D eigenvalue weighted by Gasteiger charge is 2.26. The van der Waals surface area contributed by atoms with Crippen molar-refractivity contribution in [3.63, 3.8) is 0 Å². The summed E-state index contributed by atoms with van der Waals surface area (Å²) in [4.78, 5) is 12.3. The molecule has 1 aliphatic carbocycles. The monoisotopic (exact) mass is 324 g/mol. The Morgan fingerprint density at radius 3 is 2.74 bits per heavy atom. The molecule has 1 aromatic carbocycles. The van der Waals surface area contributed by atoms with E-state index in [4.69, 9.17) is 5.73 Å². The van der Waals surface area contributed by atoms with Crippen molar-refractivity contribution in [3.8, 4) is 0 Å². The third-order valence-corrected chi connectivity index (χ3v) is 4.39. The van der Waals surface area contributed by atoms with Crippen LogP contribution in [0.5, 0.6) is 0 Å². The van der Waals surface area contributed by atoms with E-state index >= 15 is 0 Å². The van der Waals surface area contributed by atoms with Gasteiger partial charge in [-0.15, -0.1) is 0 Å². The number of benzene rings is 1. The Morgan fingerprint density at radius 2 is 2.11 bits per heavy atom. The summed E-state index contributed by atoms with van der Waals surface area (Å²) in [5.74, 6) is 0.152. The second kappa shape index (κ2) is 6.06. The largest absolute Gasteiger partial charge is 0.328 e. The molecular formula is C15H21BrN2O. The van der Waals surface area contributed by atoms with Crippen molar-refractivity contribution >= 4 is 27.5 Å². The highest BCUT2D eigenvalue weighted by atomic mass is 79.9. The van der Waals surface area contributed by atoms with E-state index in [-0.39, 0.29) is 17.9 Å². The van der Waals surface area contributed by atoms with Gasteiger partial charge in [0.05, 0.1) is 5.69 Å². The van der Waals surface area contributed by atoms with Crippen molar-refractivity contribution < 1.29 is 4.79 Å². The summed E-state index contributed by atoms with van der Waals surface area (Å²) in [6.07, 6.45) is 3.83. The van der Waals surface area contributed by atoms with Crippen LogP contribution in [-0.4, -0.2) is 11.9 Å². The summed E-state index contributed by atoms with van der Waals surface area (Å²) in [7, 11) is 0. The number of hydrogen-bond acceptors (Lipinski definition) is 2. The lowest BCUT2D eigenvalue weighted by molar-refractivity contribution is -0.120. The minimum atomic E-state index is 0.0522. The van der Waals surface area contributed by atoms with E-state index in [1.807, 2.05) is 19.9 Å². The van der Waals surface area contributed by atoms with Gasteiger partial charge in [-0.3, -0.25) is 4.79 Å². The molecule has 0 spiro atoms. The maximum Gasteiger partial charge on any atom is 0.227 e. The molecule has 3 N–H and O–H groups in total. The Kier molecular flexibility index (Phi) is 4.63. The van der Waals surface area contributed by atoms with Gasteiger partial charge >= 0.3 is 0 Å². The average molecular weight is 325 g/mol. The summed E-state index contributed by atoms with van der Waals surface area (Å²) in [6, 6.07) is 4.27. The predicted molar refractivity (Wildman–Crippen MR) is 82.2 cm³/mol. The quantitative estimate of drug-likeness (QED) is 0.874. The van der Waals surface area contributed by atoms with Crippen molar-refractivity contribution in [1.82, 2.24) is 0 Å². The lowest BCUT2D eigenvalue weighted by Gasteiger charge is -2.26. The highest BCUT2D eigenvalue weighted by molar-refractivity contribution is 9.10. The Hall–Kier alpha value is -0.870. The maximum atomic E-state index is 12.3. The van der Waals surface area contributed by atoms with Crippen molar-refractivity contribution in [1.29, 1.82) is 0 Å². The van der Waals surface area contributed by atoms with Crippen LogP contribution in [0.1, 0.15) is 36.8 Å². The smallest absolute Gasteiger partial charge is 0.227 e.